The number of amides is 1. The predicted molar refractivity (Wildman–Crippen MR) is 122 cm³/mol. The van der Waals surface area contributed by atoms with Crippen LogP contribution in [0.5, 0.6) is 6.01 Å². The summed E-state index contributed by atoms with van der Waals surface area (Å²) in [6.07, 6.45) is -0.0815. The molecular formula is C25H23FN4O2. The molecule has 4 rings (SSSR count). The summed E-state index contributed by atoms with van der Waals surface area (Å²) in [5.41, 5.74) is 3.13. The smallest absolute Gasteiger partial charge is 0.336 e. The molecule has 1 heterocycles. The van der Waals surface area contributed by atoms with Crippen molar-refractivity contribution in [2.45, 2.75) is 26.9 Å². The van der Waals surface area contributed by atoms with Crippen LogP contribution in [0.3, 0.4) is 0 Å². The van der Waals surface area contributed by atoms with Gasteiger partial charge in [-0.1, -0.05) is 42.5 Å². The van der Waals surface area contributed by atoms with Gasteiger partial charge in [-0.2, -0.15) is 4.98 Å². The minimum absolute atomic E-state index is 0.0214. The monoisotopic (exact) mass is 430 g/mol. The van der Waals surface area contributed by atoms with Crippen molar-refractivity contribution in [1.82, 2.24) is 14.8 Å². The molecule has 0 fully saturated rings. The van der Waals surface area contributed by atoms with Gasteiger partial charge in [0.2, 0.25) is 0 Å². The fraction of sp³-hybridized carbons (Fsp3) is 0.160. The lowest BCUT2D eigenvalue weighted by Crippen LogP contribution is -2.14. The molecule has 0 atom stereocenters. The van der Waals surface area contributed by atoms with Crippen LogP contribution in [0.1, 0.15) is 29.8 Å². The average Bonchev–Trinajstić information content (AvgIpc) is 3.17. The van der Waals surface area contributed by atoms with Crippen LogP contribution in [-0.4, -0.2) is 26.8 Å². The highest BCUT2D eigenvalue weighted by Gasteiger charge is 2.18. The molecule has 7 heteroatoms. The van der Waals surface area contributed by atoms with E-state index in [-0.39, 0.29) is 17.7 Å². The van der Waals surface area contributed by atoms with Gasteiger partial charge in [0.15, 0.2) is 5.82 Å². The Balaban J connectivity index is 1.72. The number of nitrogens with one attached hydrogen (secondary N) is 1. The summed E-state index contributed by atoms with van der Waals surface area (Å²) in [5.74, 6) is -0.479. The van der Waals surface area contributed by atoms with E-state index < -0.39 is 11.7 Å². The van der Waals surface area contributed by atoms with Gasteiger partial charge in [0, 0.05) is 11.3 Å². The number of rotatable bonds is 6. The van der Waals surface area contributed by atoms with E-state index in [4.69, 9.17) is 4.74 Å². The van der Waals surface area contributed by atoms with Crippen molar-refractivity contribution >= 4 is 11.6 Å². The maximum atomic E-state index is 14.0. The Morgan fingerprint density at radius 1 is 1.03 bits per heavy atom. The van der Waals surface area contributed by atoms with Crippen LogP contribution in [-0.2, 0) is 0 Å². The second kappa shape index (κ2) is 9.01. The lowest BCUT2D eigenvalue weighted by molar-refractivity contribution is 0.102. The Bertz CT molecular complexity index is 1270. The maximum absolute atomic E-state index is 14.0. The molecule has 0 aliphatic carbocycles. The van der Waals surface area contributed by atoms with Crippen molar-refractivity contribution in [2.24, 2.45) is 0 Å². The van der Waals surface area contributed by atoms with Gasteiger partial charge in [-0.15, -0.1) is 5.10 Å². The van der Waals surface area contributed by atoms with E-state index in [2.05, 4.69) is 15.4 Å². The molecule has 0 saturated heterocycles. The average molecular weight is 430 g/mol. The number of ether oxygens (including phenoxy) is 1. The third-order valence-corrected chi connectivity index (χ3v) is 4.78. The third kappa shape index (κ3) is 4.51. The van der Waals surface area contributed by atoms with Gasteiger partial charge in [-0.25, -0.2) is 9.07 Å². The summed E-state index contributed by atoms with van der Waals surface area (Å²) in [6, 6.07) is 21.1. The van der Waals surface area contributed by atoms with Crippen LogP contribution in [0.4, 0.5) is 10.1 Å². The summed E-state index contributed by atoms with van der Waals surface area (Å²) in [5, 5.41) is 7.29. The van der Waals surface area contributed by atoms with E-state index in [1.54, 1.807) is 35.0 Å². The first-order chi connectivity index (χ1) is 15.4. The zero-order chi connectivity index (χ0) is 22.7. The molecule has 1 N–H and O–H groups in total. The molecule has 0 aliphatic heterocycles. The number of carbonyl (C=O) groups is 1. The quantitative estimate of drug-likeness (QED) is 0.443. The number of halogens is 1. The molecule has 3 aromatic carbocycles. The van der Waals surface area contributed by atoms with E-state index in [1.807, 2.05) is 51.1 Å². The number of hydrogen-bond acceptors (Lipinski definition) is 4. The highest BCUT2D eigenvalue weighted by atomic mass is 19.1. The van der Waals surface area contributed by atoms with E-state index in [9.17, 15) is 9.18 Å². The SMILES string of the molecule is Cc1ccccc1-c1nc(OC(C)C)nn1-c1cccc(NC(=O)c2ccccc2F)c1. The molecule has 6 nitrogen and oxygen atoms in total. The van der Waals surface area contributed by atoms with Gasteiger partial charge in [0.1, 0.15) is 5.82 Å². The van der Waals surface area contributed by atoms with Crippen LogP contribution < -0.4 is 10.1 Å². The predicted octanol–water partition coefficient (Wildman–Crippen LogP) is 5.42. The summed E-state index contributed by atoms with van der Waals surface area (Å²) >= 11 is 0. The molecule has 1 amide bonds. The molecule has 0 aliphatic rings. The fourth-order valence-electron chi connectivity index (χ4n) is 3.29. The molecule has 4 aromatic rings. The highest BCUT2D eigenvalue weighted by molar-refractivity contribution is 6.04. The van der Waals surface area contributed by atoms with E-state index in [0.717, 1.165) is 11.1 Å². The minimum Gasteiger partial charge on any atom is -0.460 e. The van der Waals surface area contributed by atoms with Gasteiger partial charge in [0.25, 0.3) is 5.91 Å². The summed E-state index contributed by atoms with van der Waals surface area (Å²) in [7, 11) is 0. The molecule has 0 spiro atoms. The minimum atomic E-state index is -0.574. The highest BCUT2D eigenvalue weighted by Crippen LogP contribution is 2.27. The fourth-order valence-corrected chi connectivity index (χ4v) is 3.29. The van der Waals surface area contributed by atoms with Crippen LogP contribution in [0.2, 0.25) is 0 Å². The first-order valence-electron chi connectivity index (χ1n) is 10.3. The number of carbonyl (C=O) groups excluding carboxylic acids is 1. The van der Waals surface area contributed by atoms with Crippen molar-refractivity contribution < 1.29 is 13.9 Å². The van der Waals surface area contributed by atoms with Gasteiger partial charge in [-0.05, 0) is 56.7 Å². The second-order valence-electron chi connectivity index (χ2n) is 7.60. The Labute approximate surface area is 185 Å². The number of aromatic nitrogens is 3. The first-order valence-corrected chi connectivity index (χ1v) is 10.3. The van der Waals surface area contributed by atoms with Crippen molar-refractivity contribution in [3.8, 4) is 23.1 Å². The number of benzene rings is 3. The van der Waals surface area contributed by atoms with Crippen molar-refractivity contribution in [1.29, 1.82) is 0 Å². The Morgan fingerprint density at radius 3 is 2.53 bits per heavy atom. The maximum Gasteiger partial charge on any atom is 0.336 e. The zero-order valence-corrected chi connectivity index (χ0v) is 18.0. The Morgan fingerprint density at radius 2 is 1.78 bits per heavy atom. The topological polar surface area (TPSA) is 69.0 Å². The summed E-state index contributed by atoms with van der Waals surface area (Å²) < 4.78 is 21.4. The van der Waals surface area contributed by atoms with Crippen molar-refractivity contribution in [3.05, 3.63) is 89.7 Å². The molecule has 0 bridgehead atoms. The summed E-state index contributed by atoms with van der Waals surface area (Å²) in [6.45, 7) is 5.82. The molecule has 32 heavy (non-hydrogen) atoms. The van der Waals surface area contributed by atoms with Crippen LogP contribution in [0.15, 0.2) is 72.8 Å². The molecule has 162 valence electrons. The largest absolute Gasteiger partial charge is 0.460 e. The normalized spacial score (nSPS) is 10.9. The van der Waals surface area contributed by atoms with Gasteiger partial charge >= 0.3 is 6.01 Å². The standard InChI is InChI=1S/C25H23FN4O2/c1-16(2)32-25-28-23(20-12-5-4-9-17(20)3)30(29-25)19-11-8-10-18(15-19)27-24(31)21-13-6-7-14-22(21)26/h4-16H,1-3H3,(H,27,31). The number of anilines is 1. The second-order valence-corrected chi connectivity index (χ2v) is 7.60. The lowest BCUT2D eigenvalue weighted by atomic mass is 10.1. The Hall–Kier alpha value is -4.00. The number of aryl methyl sites for hydroxylation is 1. The van der Waals surface area contributed by atoms with E-state index >= 15 is 0 Å². The van der Waals surface area contributed by atoms with Crippen LogP contribution >= 0.6 is 0 Å². The molecule has 0 saturated carbocycles. The van der Waals surface area contributed by atoms with Crippen molar-refractivity contribution in [2.75, 3.05) is 5.32 Å². The van der Waals surface area contributed by atoms with E-state index in [1.165, 1.54) is 12.1 Å². The zero-order valence-electron chi connectivity index (χ0n) is 18.0. The van der Waals surface area contributed by atoms with E-state index in [0.29, 0.717) is 17.2 Å². The number of hydrogen-bond donors (Lipinski definition) is 1. The molecule has 1 aromatic heterocycles. The Kier molecular flexibility index (Phi) is 5.98. The molecular weight excluding hydrogens is 407 g/mol. The van der Waals surface area contributed by atoms with Crippen molar-refractivity contribution in [3.63, 3.8) is 0 Å². The third-order valence-electron chi connectivity index (χ3n) is 4.78. The van der Waals surface area contributed by atoms with Crippen LogP contribution in [0.25, 0.3) is 17.1 Å². The summed E-state index contributed by atoms with van der Waals surface area (Å²) in [4.78, 5) is 17.1. The number of nitrogens with zero attached hydrogens (tertiary/aromatic N) is 3. The van der Waals surface area contributed by atoms with Gasteiger partial charge < -0.3 is 10.1 Å². The van der Waals surface area contributed by atoms with Crippen LogP contribution in [0, 0.1) is 12.7 Å². The lowest BCUT2D eigenvalue weighted by Gasteiger charge is -2.10. The van der Waals surface area contributed by atoms with Gasteiger partial charge in [0.05, 0.1) is 17.4 Å². The first kappa shape index (κ1) is 21.2. The molecule has 0 unspecified atom stereocenters. The molecule has 0 radical (unpaired) electrons. The van der Waals surface area contributed by atoms with Gasteiger partial charge in [-0.3, -0.25) is 4.79 Å².